The van der Waals surface area contributed by atoms with Crippen LogP contribution in [0.1, 0.15) is 43.2 Å². The fourth-order valence-corrected chi connectivity index (χ4v) is 5.27. The number of aromatic nitrogens is 1. The zero-order valence-electron chi connectivity index (χ0n) is 14.1. The highest BCUT2D eigenvalue weighted by molar-refractivity contribution is 7.22. The van der Waals surface area contributed by atoms with Gasteiger partial charge in [0.15, 0.2) is 5.13 Å². The van der Waals surface area contributed by atoms with E-state index in [4.69, 9.17) is 4.98 Å². The van der Waals surface area contributed by atoms with Gasteiger partial charge in [-0.2, -0.15) is 0 Å². The zero-order valence-corrected chi connectivity index (χ0v) is 14.9. The lowest BCUT2D eigenvalue weighted by atomic mass is 9.96. The number of nitrogens with one attached hydrogen (secondary N) is 2. The summed E-state index contributed by atoms with van der Waals surface area (Å²) in [5.41, 5.74) is 3.85. The van der Waals surface area contributed by atoms with Gasteiger partial charge in [-0.15, -0.1) is 0 Å². The predicted molar refractivity (Wildman–Crippen MR) is 104 cm³/mol. The second kappa shape index (κ2) is 5.99. The molecule has 5 heteroatoms. The van der Waals surface area contributed by atoms with Gasteiger partial charge in [0.05, 0.1) is 10.2 Å². The molecule has 25 heavy (non-hydrogen) atoms. The maximum atomic E-state index is 12.3. The van der Waals surface area contributed by atoms with Gasteiger partial charge < -0.3 is 5.32 Å². The molecular formula is C20H21N3OS. The minimum atomic E-state index is -0.122. The highest BCUT2D eigenvalue weighted by Crippen LogP contribution is 2.39. The Hall–Kier alpha value is -2.14. The number of fused-ring (bicyclic) bond motifs is 2. The first kappa shape index (κ1) is 15.1. The van der Waals surface area contributed by atoms with Crippen molar-refractivity contribution < 1.29 is 4.79 Å². The summed E-state index contributed by atoms with van der Waals surface area (Å²) in [7, 11) is 0. The maximum absolute atomic E-state index is 12.3. The van der Waals surface area contributed by atoms with Crippen molar-refractivity contribution in [1.29, 1.82) is 0 Å². The smallest absolute Gasteiger partial charge is 0.321 e. The minimum Gasteiger partial charge on any atom is -0.335 e. The summed E-state index contributed by atoms with van der Waals surface area (Å²) in [6, 6.07) is 8.94. The van der Waals surface area contributed by atoms with Crippen LogP contribution < -0.4 is 10.6 Å². The van der Waals surface area contributed by atoms with E-state index in [9.17, 15) is 4.79 Å². The number of hydrogen-bond donors (Lipinski definition) is 2. The Bertz CT molecular complexity index is 972. The van der Waals surface area contributed by atoms with Crippen LogP contribution in [0.2, 0.25) is 0 Å². The summed E-state index contributed by atoms with van der Waals surface area (Å²) in [5.74, 6) is 0. The van der Waals surface area contributed by atoms with Crippen molar-refractivity contribution in [3.05, 3.63) is 35.4 Å². The number of thiazole rings is 1. The van der Waals surface area contributed by atoms with Crippen molar-refractivity contribution in [2.75, 3.05) is 5.32 Å². The molecule has 1 heterocycles. The summed E-state index contributed by atoms with van der Waals surface area (Å²) in [6.07, 6.45) is 8.11. The number of carbonyl (C=O) groups excluding carboxylic acids is 1. The number of rotatable bonds is 2. The van der Waals surface area contributed by atoms with Gasteiger partial charge in [-0.1, -0.05) is 48.8 Å². The van der Waals surface area contributed by atoms with E-state index in [1.54, 1.807) is 11.3 Å². The van der Waals surface area contributed by atoms with Crippen LogP contribution in [-0.2, 0) is 12.8 Å². The Morgan fingerprint density at radius 1 is 1.12 bits per heavy atom. The summed E-state index contributed by atoms with van der Waals surface area (Å²) < 4.78 is 1.16. The molecule has 4 nitrogen and oxygen atoms in total. The molecule has 1 saturated carbocycles. The standard InChI is InChI=1S/C20H21N3OS/c24-19(21-14-6-2-1-3-7-14)23-20-22-18-15-8-4-5-12-9-10-13(17(12)15)11-16(18)25-20/h4-5,8,11,14H,1-3,6-7,9-10H2,(H2,21,22,23,24). The second-order valence-corrected chi connectivity index (χ2v) is 8.21. The highest BCUT2D eigenvalue weighted by Gasteiger charge is 2.20. The molecule has 5 rings (SSSR count). The first-order valence-corrected chi connectivity index (χ1v) is 10.0. The Morgan fingerprint density at radius 3 is 2.84 bits per heavy atom. The molecular weight excluding hydrogens is 330 g/mol. The Morgan fingerprint density at radius 2 is 1.96 bits per heavy atom. The third-order valence-corrected chi connectivity index (χ3v) is 6.43. The Kier molecular flexibility index (Phi) is 3.63. The first-order valence-electron chi connectivity index (χ1n) is 9.19. The van der Waals surface area contributed by atoms with Gasteiger partial charge in [0.2, 0.25) is 0 Å². The van der Waals surface area contributed by atoms with Gasteiger partial charge in [-0.25, -0.2) is 9.78 Å². The Labute approximate surface area is 150 Å². The molecule has 0 atom stereocenters. The van der Waals surface area contributed by atoms with Crippen molar-refractivity contribution in [3.8, 4) is 0 Å². The van der Waals surface area contributed by atoms with Crippen molar-refractivity contribution >= 4 is 43.5 Å². The van der Waals surface area contributed by atoms with Crippen LogP contribution in [0, 0.1) is 0 Å². The molecule has 3 aromatic rings. The third-order valence-electron chi connectivity index (χ3n) is 5.51. The number of hydrogen-bond acceptors (Lipinski definition) is 3. The van der Waals surface area contributed by atoms with E-state index in [0.29, 0.717) is 11.2 Å². The lowest BCUT2D eigenvalue weighted by molar-refractivity contribution is 0.244. The molecule has 128 valence electrons. The van der Waals surface area contributed by atoms with E-state index in [1.807, 2.05) is 0 Å². The molecule has 2 aliphatic carbocycles. The summed E-state index contributed by atoms with van der Waals surface area (Å²) >= 11 is 1.57. The van der Waals surface area contributed by atoms with E-state index in [0.717, 1.165) is 35.9 Å². The topological polar surface area (TPSA) is 54.0 Å². The van der Waals surface area contributed by atoms with Crippen LogP contribution in [0.5, 0.6) is 0 Å². The molecule has 0 aliphatic heterocycles. The molecule has 0 saturated heterocycles. The van der Waals surface area contributed by atoms with Crippen molar-refractivity contribution in [3.63, 3.8) is 0 Å². The van der Waals surface area contributed by atoms with Crippen LogP contribution in [0.25, 0.3) is 21.0 Å². The summed E-state index contributed by atoms with van der Waals surface area (Å²) in [4.78, 5) is 17.0. The lowest BCUT2D eigenvalue weighted by Crippen LogP contribution is -2.38. The molecule has 2 N–H and O–H groups in total. The molecule has 2 amide bonds. The van der Waals surface area contributed by atoms with Gasteiger partial charge in [-0.05, 0) is 48.3 Å². The van der Waals surface area contributed by atoms with E-state index >= 15 is 0 Å². The average Bonchev–Trinajstić information content (AvgIpc) is 3.21. The van der Waals surface area contributed by atoms with E-state index < -0.39 is 0 Å². The van der Waals surface area contributed by atoms with Crippen LogP contribution in [0.15, 0.2) is 24.3 Å². The lowest BCUT2D eigenvalue weighted by Gasteiger charge is -2.22. The molecule has 0 unspecified atom stereocenters. The number of anilines is 1. The van der Waals surface area contributed by atoms with Crippen molar-refractivity contribution in [2.24, 2.45) is 0 Å². The van der Waals surface area contributed by atoms with Crippen LogP contribution in [0.3, 0.4) is 0 Å². The summed E-state index contributed by atoms with van der Waals surface area (Å²) in [6.45, 7) is 0. The summed E-state index contributed by atoms with van der Waals surface area (Å²) in [5, 5.41) is 9.33. The van der Waals surface area contributed by atoms with Crippen LogP contribution in [-0.4, -0.2) is 17.1 Å². The van der Waals surface area contributed by atoms with Gasteiger partial charge in [-0.3, -0.25) is 5.32 Å². The third kappa shape index (κ3) is 2.67. The molecule has 1 fully saturated rings. The van der Waals surface area contributed by atoms with Gasteiger partial charge >= 0.3 is 6.03 Å². The van der Waals surface area contributed by atoms with Gasteiger partial charge in [0, 0.05) is 11.4 Å². The quantitative estimate of drug-likeness (QED) is 0.682. The second-order valence-electron chi connectivity index (χ2n) is 7.17. The minimum absolute atomic E-state index is 0.122. The fraction of sp³-hybridized carbons (Fsp3) is 0.400. The number of aryl methyl sites for hydroxylation is 2. The maximum Gasteiger partial charge on any atom is 0.321 e. The van der Waals surface area contributed by atoms with Gasteiger partial charge in [0.25, 0.3) is 0 Å². The molecule has 0 bridgehead atoms. The Balaban J connectivity index is 1.44. The largest absolute Gasteiger partial charge is 0.335 e. The first-order chi connectivity index (χ1) is 12.3. The number of urea groups is 1. The molecule has 2 aromatic carbocycles. The molecule has 0 radical (unpaired) electrons. The average molecular weight is 351 g/mol. The van der Waals surface area contributed by atoms with E-state index in [2.05, 4.69) is 34.9 Å². The predicted octanol–water partition coefficient (Wildman–Crippen LogP) is 5.00. The fourth-order valence-electron chi connectivity index (χ4n) is 4.32. The number of amides is 2. The molecule has 2 aliphatic rings. The van der Waals surface area contributed by atoms with Crippen molar-refractivity contribution in [2.45, 2.75) is 51.0 Å². The van der Waals surface area contributed by atoms with Crippen molar-refractivity contribution in [1.82, 2.24) is 10.3 Å². The number of benzene rings is 2. The van der Waals surface area contributed by atoms with E-state index in [1.165, 1.54) is 41.2 Å². The monoisotopic (exact) mass is 351 g/mol. The number of nitrogens with zero attached hydrogens (tertiary/aromatic N) is 1. The highest BCUT2D eigenvalue weighted by atomic mass is 32.1. The van der Waals surface area contributed by atoms with E-state index in [-0.39, 0.29) is 6.03 Å². The number of carbonyl (C=O) groups is 1. The van der Waals surface area contributed by atoms with Crippen LogP contribution in [0.4, 0.5) is 9.93 Å². The zero-order chi connectivity index (χ0) is 16.8. The molecule has 0 spiro atoms. The van der Waals surface area contributed by atoms with Gasteiger partial charge in [0.1, 0.15) is 0 Å². The molecule has 1 aromatic heterocycles. The normalized spacial score (nSPS) is 17.3. The van der Waals surface area contributed by atoms with Crippen LogP contribution >= 0.6 is 11.3 Å². The SMILES string of the molecule is O=C(Nc1nc2c(cc3c4c(cccc42)CC3)s1)NC1CCCCC1.